The Hall–Kier alpha value is -3.68. The average molecular weight is 380 g/mol. The van der Waals surface area contributed by atoms with Crippen LogP contribution in [0.4, 0.5) is 4.79 Å². The normalized spacial score (nSPS) is 10.8. The highest BCUT2D eigenvalue weighted by molar-refractivity contribution is 5.82. The van der Waals surface area contributed by atoms with Gasteiger partial charge in [-0.15, -0.1) is 0 Å². The summed E-state index contributed by atoms with van der Waals surface area (Å²) in [5.74, 6) is 1.10. The van der Waals surface area contributed by atoms with Crippen LogP contribution in [0.3, 0.4) is 0 Å². The first-order valence-corrected chi connectivity index (χ1v) is 8.51. The fraction of sp³-hybridized carbons (Fsp3) is 0.200. The number of benzene rings is 2. The number of aryl methyl sites for hydroxylation is 1. The summed E-state index contributed by atoms with van der Waals surface area (Å²) in [5.41, 5.74) is 6.19. The van der Waals surface area contributed by atoms with E-state index in [0.717, 1.165) is 28.0 Å². The summed E-state index contributed by atoms with van der Waals surface area (Å²) in [6.45, 7) is 2.17. The van der Waals surface area contributed by atoms with Crippen molar-refractivity contribution in [3.8, 4) is 11.5 Å². The number of para-hydroxylation sites is 2. The number of nitrogens with one attached hydrogen (secondary N) is 1. The van der Waals surface area contributed by atoms with Gasteiger partial charge in [-0.1, -0.05) is 12.1 Å². The minimum Gasteiger partial charge on any atom is -0.493 e. The average Bonchev–Trinajstić information content (AvgIpc) is 2.72. The summed E-state index contributed by atoms with van der Waals surface area (Å²) >= 11 is 0. The van der Waals surface area contributed by atoms with Gasteiger partial charge in [-0.05, 0) is 42.8 Å². The molecule has 0 atom stereocenters. The summed E-state index contributed by atoms with van der Waals surface area (Å²) in [7, 11) is 2.82. The number of methoxy groups -OCH3 is 2. The molecule has 144 valence electrons. The standard InChI is InChI=1S/C20H20N4O4/c1-13-17(23-16-7-5-4-6-15(16)22-13)12-28-18-9-8-14(10-19(18)26-2)11-21-24-20(25)27-3/h4-11H,12H2,1-3H3,(H,24,25)/b21-11+. The maximum Gasteiger partial charge on any atom is 0.427 e. The first-order valence-electron chi connectivity index (χ1n) is 8.51. The van der Waals surface area contributed by atoms with Gasteiger partial charge in [0.1, 0.15) is 6.61 Å². The summed E-state index contributed by atoms with van der Waals surface area (Å²) in [4.78, 5) is 20.2. The van der Waals surface area contributed by atoms with Crippen LogP contribution in [0.1, 0.15) is 17.0 Å². The van der Waals surface area contributed by atoms with Gasteiger partial charge in [0.15, 0.2) is 11.5 Å². The zero-order valence-electron chi connectivity index (χ0n) is 15.8. The molecule has 3 aromatic rings. The Morgan fingerprint density at radius 3 is 2.57 bits per heavy atom. The van der Waals surface area contributed by atoms with Crippen molar-refractivity contribution in [3.05, 3.63) is 59.4 Å². The van der Waals surface area contributed by atoms with Gasteiger partial charge in [-0.2, -0.15) is 5.10 Å². The highest BCUT2D eigenvalue weighted by Gasteiger charge is 2.09. The number of nitrogens with zero attached hydrogens (tertiary/aromatic N) is 3. The number of aromatic nitrogens is 2. The monoisotopic (exact) mass is 380 g/mol. The van der Waals surface area contributed by atoms with E-state index in [2.05, 4.69) is 25.2 Å². The Morgan fingerprint density at radius 1 is 1.11 bits per heavy atom. The second kappa shape index (κ2) is 8.81. The van der Waals surface area contributed by atoms with Crippen LogP contribution in [0.25, 0.3) is 11.0 Å². The fourth-order valence-corrected chi connectivity index (χ4v) is 2.50. The lowest BCUT2D eigenvalue weighted by Gasteiger charge is -2.12. The van der Waals surface area contributed by atoms with Crippen LogP contribution in [-0.2, 0) is 11.3 Å². The smallest absolute Gasteiger partial charge is 0.427 e. The molecule has 1 heterocycles. The zero-order valence-corrected chi connectivity index (χ0v) is 15.8. The van der Waals surface area contributed by atoms with Crippen molar-refractivity contribution in [2.24, 2.45) is 5.10 Å². The molecular weight excluding hydrogens is 360 g/mol. The Bertz CT molecular complexity index is 1020. The Kier molecular flexibility index (Phi) is 6.01. The van der Waals surface area contributed by atoms with Crippen LogP contribution in [0.5, 0.6) is 11.5 Å². The number of rotatable bonds is 6. The molecule has 1 N–H and O–H groups in total. The number of hydrogen-bond acceptors (Lipinski definition) is 7. The number of hydrogen-bond donors (Lipinski definition) is 1. The van der Waals surface area contributed by atoms with Gasteiger partial charge >= 0.3 is 6.09 Å². The minimum absolute atomic E-state index is 0.261. The molecular formula is C20H20N4O4. The van der Waals surface area contributed by atoms with Crippen molar-refractivity contribution < 1.29 is 19.0 Å². The van der Waals surface area contributed by atoms with Crippen LogP contribution in [0.2, 0.25) is 0 Å². The highest BCUT2D eigenvalue weighted by atomic mass is 16.5. The van der Waals surface area contributed by atoms with Gasteiger partial charge in [0.2, 0.25) is 0 Å². The summed E-state index contributed by atoms with van der Waals surface area (Å²) in [5, 5.41) is 3.79. The van der Waals surface area contributed by atoms with Crippen molar-refractivity contribution in [2.45, 2.75) is 13.5 Å². The third-order valence-electron chi connectivity index (χ3n) is 3.95. The summed E-state index contributed by atoms with van der Waals surface area (Å²) < 4.78 is 15.7. The maximum absolute atomic E-state index is 11.0. The molecule has 1 aromatic heterocycles. The molecule has 0 bridgehead atoms. The summed E-state index contributed by atoms with van der Waals surface area (Å²) in [6.07, 6.45) is 0.831. The maximum atomic E-state index is 11.0. The molecule has 1 amide bonds. The van der Waals surface area contributed by atoms with E-state index < -0.39 is 6.09 Å². The van der Waals surface area contributed by atoms with Crippen LogP contribution in [0.15, 0.2) is 47.6 Å². The molecule has 3 rings (SSSR count). The van der Waals surface area contributed by atoms with Gasteiger partial charge in [0, 0.05) is 0 Å². The first kappa shape index (κ1) is 19.1. The van der Waals surface area contributed by atoms with Crippen molar-refractivity contribution in [1.29, 1.82) is 0 Å². The van der Waals surface area contributed by atoms with Crippen molar-refractivity contribution in [1.82, 2.24) is 15.4 Å². The first-order chi connectivity index (χ1) is 13.6. The van der Waals surface area contributed by atoms with E-state index in [1.807, 2.05) is 31.2 Å². The largest absolute Gasteiger partial charge is 0.493 e. The molecule has 2 aromatic carbocycles. The molecule has 0 aliphatic carbocycles. The molecule has 0 aliphatic heterocycles. The van der Waals surface area contributed by atoms with Crippen molar-refractivity contribution in [3.63, 3.8) is 0 Å². The van der Waals surface area contributed by atoms with Gasteiger partial charge in [0.25, 0.3) is 0 Å². The lowest BCUT2D eigenvalue weighted by atomic mass is 10.2. The SMILES string of the molecule is COC(=O)N/N=C/c1ccc(OCc2nc3ccccc3nc2C)c(OC)c1. The lowest BCUT2D eigenvalue weighted by Crippen LogP contribution is -2.16. The van der Waals surface area contributed by atoms with E-state index in [1.54, 1.807) is 25.3 Å². The van der Waals surface area contributed by atoms with Gasteiger partial charge in [-0.25, -0.2) is 20.2 Å². The molecule has 0 radical (unpaired) electrons. The fourth-order valence-electron chi connectivity index (χ4n) is 2.50. The molecule has 0 spiro atoms. The van der Waals surface area contributed by atoms with Crippen LogP contribution in [0, 0.1) is 6.92 Å². The number of carbonyl (C=O) groups excluding carboxylic acids is 1. The van der Waals surface area contributed by atoms with E-state index in [4.69, 9.17) is 9.47 Å². The third-order valence-corrected chi connectivity index (χ3v) is 3.95. The molecule has 0 unspecified atom stereocenters. The van der Waals surface area contributed by atoms with Crippen LogP contribution >= 0.6 is 0 Å². The lowest BCUT2D eigenvalue weighted by molar-refractivity contribution is 0.171. The molecule has 0 saturated heterocycles. The van der Waals surface area contributed by atoms with Crippen LogP contribution in [-0.4, -0.2) is 36.5 Å². The van der Waals surface area contributed by atoms with E-state index >= 15 is 0 Å². The minimum atomic E-state index is -0.643. The zero-order chi connectivity index (χ0) is 19.9. The Labute approximate surface area is 162 Å². The van der Waals surface area contributed by atoms with Crippen molar-refractivity contribution in [2.75, 3.05) is 14.2 Å². The van der Waals surface area contributed by atoms with E-state index in [9.17, 15) is 4.79 Å². The number of ether oxygens (including phenoxy) is 3. The number of hydrazone groups is 1. The molecule has 0 fully saturated rings. The molecule has 8 nitrogen and oxygen atoms in total. The third kappa shape index (κ3) is 4.53. The predicted octanol–water partition coefficient (Wildman–Crippen LogP) is 3.22. The van der Waals surface area contributed by atoms with E-state index in [1.165, 1.54) is 13.3 Å². The number of carbonyl (C=O) groups is 1. The molecule has 8 heteroatoms. The number of amides is 1. The van der Waals surface area contributed by atoms with Crippen molar-refractivity contribution >= 4 is 23.3 Å². The van der Waals surface area contributed by atoms with Gasteiger partial charge in [-0.3, -0.25) is 0 Å². The quantitative estimate of drug-likeness (QED) is 0.521. The molecule has 28 heavy (non-hydrogen) atoms. The number of fused-ring (bicyclic) bond motifs is 1. The van der Waals surface area contributed by atoms with E-state index in [0.29, 0.717) is 11.5 Å². The second-order valence-electron chi connectivity index (χ2n) is 5.80. The van der Waals surface area contributed by atoms with Crippen LogP contribution < -0.4 is 14.9 Å². The summed E-state index contributed by atoms with van der Waals surface area (Å²) in [6, 6.07) is 13.0. The molecule has 0 aliphatic rings. The highest BCUT2D eigenvalue weighted by Crippen LogP contribution is 2.28. The van der Waals surface area contributed by atoms with Gasteiger partial charge in [0.05, 0.1) is 42.9 Å². The predicted molar refractivity (Wildman–Crippen MR) is 105 cm³/mol. The van der Waals surface area contributed by atoms with E-state index in [-0.39, 0.29) is 6.61 Å². The second-order valence-corrected chi connectivity index (χ2v) is 5.80. The Balaban J connectivity index is 1.73. The Morgan fingerprint density at radius 2 is 1.86 bits per heavy atom. The molecule has 0 saturated carbocycles. The van der Waals surface area contributed by atoms with Gasteiger partial charge < -0.3 is 14.2 Å². The topological polar surface area (TPSA) is 94.9 Å².